The molecule has 0 saturated carbocycles. The summed E-state index contributed by atoms with van der Waals surface area (Å²) < 4.78 is 20.5. The van der Waals surface area contributed by atoms with Gasteiger partial charge < -0.3 is 20.5 Å². The van der Waals surface area contributed by atoms with Crippen molar-refractivity contribution in [1.29, 1.82) is 0 Å². The van der Waals surface area contributed by atoms with Gasteiger partial charge in [-0.2, -0.15) is 4.52 Å². The zero-order chi connectivity index (χ0) is 21.3. The quantitative estimate of drug-likeness (QED) is 0.574. The number of aryl methyl sites for hydroxylation is 1. The summed E-state index contributed by atoms with van der Waals surface area (Å²) in [6.07, 6.45) is 2.01. The maximum Gasteiger partial charge on any atom is 0.253 e. The molecule has 0 atom stereocenters. The lowest BCUT2D eigenvalue weighted by molar-refractivity contribution is -0.146. The van der Waals surface area contributed by atoms with E-state index in [0.717, 1.165) is 6.42 Å². The Morgan fingerprint density at radius 1 is 1.34 bits per heavy atom. The van der Waals surface area contributed by atoms with Crippen LogP contribution in [0.5, 0.6) is 5.75 Å². The number of nitrogen functional groups attached to an aromatic ring is 1. The van der Waals surface area contributed by atoms with E-state index >= 15 is 0 Å². The monoisotopic (exact) mass is 404 g/mol. The minimum atomic E-state index is -1.39. The van der Waals surface area contributed by atoms with Crippen molar-refractivity contribution in [2.75, 3.05) is 26.4 Å². The van der Waals surface area contributed by atoms with Gasteiger partial charge in [0.15, 0.2) is 23.0 Å². The Balaban J connectivity index is 1.74. The van der Waals surface area contributed by atoms with Crippen molar-refractivity contribution in [3.05, 3.63) is 23.8 Å². The molecule has 10 heteroatoms. The molecular weight excluding hydrogens is 379 g/mol. The number of anilines is 1. The first-order chi connectivity index (χ1) is 13.6. The number of fused-ring (bicyclic) bond motifs is 3. The molecule has 2 aromatic heterocycles. The molecule has 1 aromatic carbocycles. The number of amides is 1. The fraction of sp³-hybridized carbons (Fsp3) is 0.474. The van der Waals surface area contributed by atoms with Gasteiger partial charge in [-0.1, -0.05) is 0 Å². The molecule has 0 aliphatic heterocycles. The van der Waals surface area contributed by atoms with Crippen LogP contribution in [0.25, 0.3) is 16.6 Å². The number of carbonyl (C=O) groups is 1. The van der Waals surface area contributed by atoms with Crippen LogP contribution < -0.4 is 10.5 Å². The van der Waals surface area contributed by atoms with Gasteiger partial charge in [0, 0.05) is 31.5 Å². The molecule has 3 aromatic rings. The third kappa shape index (κ3) is 4.21. The Hall–Kier alpha value is -3.01. The lowest BCUT2D eigenvalue weighted by atomic mass is 10.1. The topological polar surface area (TPSA) is 119 Å². The fourth-order valence-electron chi connectivity index (χ4n) is 3.14. The highest BCUT2D eigenvalue weighted by molar-refractivity contribution is 5.93. The maximum atomic E-state index is 14.1. The average Bonchev–Trinajstić information content (AvgIpc) is 3.09. The molecule has 3 rings (SSSR count). The summed E-state index contributed by atoms with van der Waals surface area (Å²) >= 11 is 0. The molecule has 0 radical (unpaired) electrons. The second-order valence-electron chi connectivity index (χ2n) is 7.48. The van der Waals surface area contributed by atoms with E-state index in [9.17, 15) is 14.3 Å². The molecule has 9 nitrogen and oxygen atoms in total. The van der Waals surface area contributed by atoms with Crippen LogP contribution in [0.1, 0.15) is 32.5 Å². The second kappa shape index (κ2) is 7.78. The first-order valence-electron chi connectivity index (χ1n) is 9.28. The number of nitrogens with two attached hydrogens (primary N) is 1. The van der Waals surface area contributed by atoms with Crippen LogP contribution in [-0.4, -0.2) is 61.8 Å². The molecule has 0 spiro atoms. The number of benzene rings is 1. The number of halogens is 1. The van der Waals surface area contributed by atoms with Gasteiger partial charge in [0.1, 0.15) is 5.60 Å². The number of hydrogen-bond acceptors (Lipinski definition) is 7. The Morgan fingerprint density at radius 2 is 2.07 bits per heavy atom. The SMILES string of the molecule is COc1cc2nc(N)n3nc(CCCCN(C)C(=O)C(C)(C)O)nc3c2cc1F. The second-order valence-corrected chi connectivity index (χ2v) is 7.48. The van der Waals surface area contributed by atoms with E-state index in [2.05, 4.69) is 15.1 Å². The number of rotatable bonds is 7. The van der Waals surface area contributed by atoms with Crippen LogP contribution in [0.4, 0.5) is 10.3 Å². The highest BCUT2D eigenvalue weighted by atomic mass is 19.1. The Bertz CT molecular complexity index is 1060. The van der Waals surface area contributed by atoms with Crippen LogP contribution in [-0.2, 0) is 11.2 Å². The van der Waals surface area contributed by atoms with Gasteiger partial charge >= 0.3 is 0 Å². The lowest BCUT2D eigenvalue weighted by Crippen LogP contribution is -2.43. The first-order valence-corrected chi connectivity index (χ1v) is 9.28. The molecule has 29 heavy (non-hydrogen) atoms. The van der Waals surface area contributed by atoms with Crippen molar-refractivity contribution < 1.29 is 19.0 Å². The maximum absolute atomic E-state index is 14.1. The van der Waals surface area contributed by atoms with Gasteiger partial charge in [-0.3, -0.25) is 4.79 Å². The Kier molecular flexibility index (Phi) is 5.56. The van der Waals surface area contributed by atoms with E-state index in [4.69, 9.17) is 10.5 Å². The zero-order valence-corrected chi connectivity index (χ0v) is 16.9. The number of carbonyl (C=O) groups excluding carboxylic acids is 1. The summed E-state index contributed by atoms with van der Waals surface area (Å²) in [5.74, 6) is -0.0593. The number of hydrogen-bond donors (Lipinski definition) is 2. The summed E-state index contributed by atoms with van der Waals surface area (Å²) in [7, 11) is 3.04. The van der Waals surface area contributed by atoms with Crippen LogP contribution in [0.3, 0.4) is 0 Å². The summed E-state index contributed by atoms with van der Waals surface area (Å²) in [5.41, 5.74) is 5.49. The van der Waals surface area contributed by atoms with Gasteiger partial charge in [0.25, 0.3) is 5.91 Å². The minimum Gasteiger partial charge on any atom is -0.494 e. The molecule has 156 valence electrons. The standard InChI is InChI=1S/C19H25FN6O3/c1-19(2,28)17(27)25(3)8-6-5-7-15-23-16-11-9-12(20)14(29-4)10-13(11)22-18(21)26(16)24-15/h9-10,28H,5-8H2,1-4H3,(H2,21,22). The fourth-order valence-corrected chi connectivity index (χ4v) is 3.14. The Labute approximate surface area is 167 Å². The molecule has 0 aliphatic carbocycles. The zero-order valence-electron chi connectivity index (χ0n) is 16.9. The number of likely N-dealkylation sites (N-methyl/N-ethyl adjacent to an activating group) is 1. The van der Waals surface area contributed by atoms with Gasteiger partial charge in [-0.15, -0.1) is 5.10 Å². The molecule has 0 bridgehead atoms. The molecule has 2 heterocycles. The van der Waals surface area contributed by atoms with Crippen molar-refractivity contribution in [2.45, 2.75) is 38.7 Å². The van der Waals surface area contributed by atoms with Crippen LogP contribution >= 0.6 is 0 Å². The van der Waals surface area contributed by atoms with Crippen molar-refractivity contribution in [2.24, 2.45) is 0 Å². The largest absolute Gasteiger partial charge is 0.494 e. The lowest BCUT2D eigenvalue weighted by Gasteiger charge is -2.24. The van der Waals surface area contributed by atoms with E-state index < -0.39 is 11.4 Å². The van der Waals surface area contributed by atoms with E-state index in [1.54, 1.807) is 7.05 Å². The van der Waals surface area contributed by atoms with E-state index in [-0.39, 0.29) is 17.6 Å². The molecular formula is C19H25FN6O3. The predicted molar refractivity (Wildman–Crippen MR) is 106 cm³/mol. The highest BCUT2D eigenvalue weighted by Crippen LogP contribution is 2.27. The highest BCUT2D eigenvalue weighted by Gasteiger charge is 2.26. The third-order valence-electron chi connectivity index (χ3n) is 4.63. The molecule has 0 aliphatic rings. The molecule has 1 amide bonds. The smallest absolute Gasteiger partial charge is 0.253 e. The van der Waals surface area contributed by atoms with E-state index in [0.29, 0.717) is 41.8 Å². The van der Waals surface area contributed by atoms with Crippen molar-refractivity contribution >= 4 is 28.4 Å². The molecule has 0 fully saturated rings. The number of unbranched alkanes of at least 4 members (excludes halogenated alkanes) is 1. The van der Waals surface area contributed by atoms with E-state index in [1.165, 1.54) is 42.5 Å². The summed E-state index contributed by atoms with van der Waals surface area (Å²) in [5, 5.41) is 14.6. The number of nitrogens with zero attached hydrogens (tertiary/aromatic N) is 5. The van der Waals surface area contributed by atoms with Gasteiger partial charge in [0.2, 0.25) is 5.95 Å². The third-order valence-corrected chi connectivity index (χ3v) is 4.63. The first kappa shape index (κ1) is 20.7. The number of aromatic nitrogens is 4. The predicted octanol–water partition coefficient (Wildman–Crippen LogP) is 1.56. The van der Waals surface area contributed by atoms with Crippen molar-refractivity contribution in [3.8, 4) is 5.75 Å². The number of methoxy groups -OCH3 is 1. The normalized spacial score (nSPS) is 11.9. The van der Waals surface area contributed by atoms with Gasteiger partial charge in [-0.05, 0) is 32.8 Å². The average molecular weight is 404 g/mol. The molecule has 0 unspecified atom stereocenters. The van der Waals surface area contributed by atoms with Crippen LogP contribution in [0.2, 0.25) is 0 Å². The number of aliphatic hydroxyl groups is 1. The van der Waals surface area contributed by atoms with E-state index in [1.807, 2.05) is 0 Å². The summed E-state index contributed by atoms with van der Waals surface area (Å²) in [6, 6.07) is 2.79. The summed E-state index contributed by atoms with van der Waals surface area (Å²) in [6.45, 7) is 3.44. The molecule has 0 saturated heterocycles. The number of ether oxygens (including phenoxy) is 1. The van der Waals surface area contributed by atoms with Crippen molar-refractivity contribution in [3.63, 3.8) is 0 Å². The summed E-state index contributed by atoms with van der Waals surface area (Å²) in [4.78, 5) is 22.2. The van der Waals surface area contributed by atoms with Gasteiger partial charge in [0.05, 0.1) is 12.6 Å². The Morgan fingerprint density at radius 3 is 2.72 bits per heavy atom. The van der Waals surface area contributed by atoms with Gasteiger partial charge in [-0.25, -0.2) is 14.4 Å². The van der Waals surface area contributed by atoms with Crippen LogP contribution in [0.15, 0.2) is 12.1 Å². The van der Waals surface area contributed by atoms with Crippen molar-refractivity contribution in [1.82, 2.24) is 24.5 Å². The minimum absolute atomic E-state index is 0.0817. The molecule has 3 N–H and O–H groups in total. The van der Waals surface area contributed by atoms with Crippen LogP contribution in [0, 0.1) is 5.82 Å².